The first-order valence-corrected chi connectivity index (χ1v) is 2.35. The van der Waals surface area contributed by atoms with Gasteiger partial charge in [0.05, 0.1) is 0 Å². The van der Waals surface area contributed by atoms with Gasteiger partial charge in [-0.1, -0.05) is 0 Å². The van der Waals surface area contributed by atoms with Gasteiger partial charge in [0.25, 0.3) is 6.04 Å². The van der Waals surface area contributed by atoms with E-state index in [1.54, 1.807) is 0 Å². The minimum atomic E-state index is -0.244. The van der Waals surface area contributed by atoms with Crippen LogP contribution in [0.4, 0.5) is 0 Å². The van der Waals surface area contributed by atoms with Crippen molar-refractivity contribution in [2.75, 3.05) is 6.61 Å². The number of ether oxygens (including phenoxy) is 1. The Morgan fingerprint density at radius 1 is 1.88 bits per heavy atom. The molecule has 3 nitrogen and oxygen atoms in total. The Morgan fingerprint density at radius 2 is 2.62 bits per heavy atom. The molecular weight excluding hydrogens is 106 g/mol. The van der Waals surface area contributed by atoms with Crippen LogP contribution in [-0.4, -0.2) is 18.6 Å². The molecule has 1 heterocycles. The molecule has 0 amide bonds. The number of hydrogen-bond donors (Lipinski definition) is 0. The fourth-order valence-corrected chi connectivity index (χ4v) is 0.582. The molecule has 1 aliphatic rings. The lowest BCUT2D eigenvalue weighted by Gasteiger charge is -1.83. The van der Waals surface area contributed by atoms with Crippen molar-refractivity contribution in [2.45, 2.75) is 12.5 Å². The second kappa shape index (κ2) is 1.83. The molecule has 42 valence electrons. The molecule has 3 heteroatoms. The third kappa shape index (κ3) is 0.784. The first kappa shape index (κ1) is 5.10. The smallest absolute Gasteiger partial charge is 0.314 e. The summed E-state index contributed by atoms with van der Waals surface area (Å²) >= 11 is 0. The molecule has 0 bridgehead atoms. The molecule has 8 heavy (non-hydrogen) atoms. The Morgan fingerprint density at radius 3 is 2.88 bits per heavy atom. The molecule has 1 fully saturated rings. The fraction of sp³-hybridized carbons (Fsp3) is 0.600. The average molecular weight is 111 g/mol. The van der Waals surface area contributed by atoms with Crippen LogP contribution >= 0.6 is 0 Å². The van der Waals surface area contributed by atoms with E-state index in [1.165, 1.54) is 0 Å². The lowest BCUT2D eigenvalue weighted by atomic mass is 10.3. The van der Waals surface area contributed by atoms with Gasteiger partial charge in [0, 0.05) is 0 Å². The molecule has 0 saturated carbocycles. The third-order valence-corrected chi connectivity index (χ3v) is 1.02. The van der Waals surface area contributed by atoms with E-state index in [-0.39, 0.29) is 18.4 Å². The lowest BCUT2D eigenvalue weighted by molar-refractivity contribution is -0.137. The first-order valence-electron chi connectivity index (χ1n) is 2.35. The second-order valence-corrected chi connectivity index (χ2v) is 1.67. The summed E-state index contributed by atoms with van der Waals surface area (Å²) in [5, 5.41) is 0. The van der Waals surface area contributed by atoms with E-state index < -0.39 is 0 Å². The Kier molecular flexibility index (Phi) is 1.17. The Hall–Kier alpha value is -1.04. The van der Waals surface area contributed by atoms with Gasteiger partial charge >= 0.3 is 5.97 Å². The van der Waals surface area contributed by atoms with Crippen LogP contribution in [0.2, 0.25) is 0 Å². The number of rotatable bonds is 0. The predicted molar refractivity (Wildman–Crippen MR) is 26.0 cm³/mol. The van der Waals surface area contributed by atoms with Crippen molar-refractivity contribution in [1.82, 2.24) is 0 Å². The maximum absolute atomic E-state index is 10.2. The van der Waals surface area contributed by atoms with E-state index >= 15 is 0 Å². The van der Waals surface area contributed by atoms with Crippen LogP contribution in [0.15, 0.2) is 0 Å². The highest BCUT2D eigenvalue weighted by Gasteiger charge is 2.27. The summed E-state index contributed by atoms with van der Waals surface area (Å²) in [7, 11) is 0. The van der Waals surface area contributed by atoms with Crippen LogP contribution in [0.5, 0.6) is 0 Å². The summed E-state index contributed by atoms with van der Waals surface area (Å²) in [5.41, 5.74) is 0. The van der Waals surface area contributed by atoms with Crippen LogP contribution in [-0.2, 0) is 9.53 Å². The zero-order valence-corrected chi connectivity index (χ0v) is 4.26. The van der Waals surface area contributed by atoms with Crippen LogP contribution in [0.3, 0.4) is 0 Å². The minimum Gasteiger partial charge on any atom is -0.457 e. The number of carbonyl (C=O) groups excluding carboxylic acids is 1. The summed E-state index contributed by atoms with van der Waals surface area (Å²) in [6.45, 7) is 6.78. The zero-order valence-electron chi connectivity index (χ0n) is 4.26. The molecule has 0 aromatic rings. The van der Waals surface area contributed by atoms with E-state index in [0.29, 0.717) is 6.61 Å². The summed E-state index contributed by atoms with van der Waals surface area (Å²) in [6, 6.07) is -0.206. The summed E-state index contributed by atoms with van der Waals surface area (Å²) in [4.78, 5) is 13.4. The molecule has 0 aromatic heterocycles. The van der Waals surface area contributed by atoms with Crippen molar-refractivity contribution in [2.24, 2.45) is 0 Å². The van der Waals surface area contributed by atoms with Crippen molar-refractivity contribution in [3.8, 4) is 0 Å². The Bertz CT molecular complexity index is 147. The van der Waals surface area contributed by atoms with Crippen LogP contribution in [0.25, 0.3) is 4.85 Å². The zero-order chi connectivity index (χ0) is 5.98. The predicted octanol–water partition coefficient (Wildman–Crippen LogP) is 0.221. The van der Waals surface area contributed by atoms with Gasteiger partial charge in [-0.05, 0) is 0 Å². The normalized spacial score (nSPS) is 26.9. The van der Waals surface area contributed by atoms with Crippen molar-refractivity contribution < 1.29 is 9.53 Å². The molecule has 1 saturated heterocycles. The van der Waals surface area contributed by atoms with Gasteiger partial charge in [0.2, 0.25) is 0 Å². The first-order chi connectivity index (χ1) is 3.83. The van der Waals surface area contributed by atoms with Crippen LogP contribution in [0.1, 0.15) is 6.42 Å². The maximum Gasteiger partial charge on any atom is 0.314 e. The molecule has 0 radical (unpaired) electrons. The summed E-state index contributed by atoms with van der Waals surface area (Å²) in [6.07, 6.45) is 0.281. The molecule has 1 unspecified atom stereocenters. The van der Waals surface area contributed by atoms with Gasteiger partial charge in [0.15, 0.2) is 6.61 Å². The second-order valence-electron chi connectivity index (χ2n) is 1.67. The molecule has 0 spiro atoms. The Labute approximate surface area is 47.1 Å². The Balaban J connectivity index is 2.47. The minimum absolute atomic E-state index is 0.206. The van der Waals surface area contributed by atoms with E-state index in [1.807, 2.05) is 0 Å². The van der Waals surface area contributed by atoms with Crippen molar-refractivity contribution >= 4 is 5.97 Å². The highest BCUT2D eigenvalue weighted by atomic mass is 16.5. The van der Waals surface area contributed by atoms with Crippen molar-refractivity contribution in [3.05, 3.63) is 11.4 Å². The van der Waals surface area contributed by atoms with Gasteiger partial charge in [-0.25, -0.2) is 6.57 Å². The van der Waals surface area contributed by atoms with E-state index in [9.17, 15) is 4.79 Å². The van der Waals surface area contributed by atoms with E-state index in [2.05, 4.69) is 9.58 Å². The van der Waals surface area contributed by atoms with Crippen molar-refractivity contribution in [1.29, 1.82) is 0 Å². The monoisotopic (exact) mass is 111 g/mol. The van der Waals surface area contributed by atoms with Gasteiger partial charge < -0.3 is 9.58 Å². The van der Waals surface area contributed by atoms with Gasteiger partial charge in [0.1, 0.15) is 6.42 Å². The number of esters is 1. The average Bonchev–Trinajstić information content (AvgIpc) is 2.14. The fourth-order valence-electron chi connectivity index (χ4n) is 0.582. The summed E-state index contributed by atoms with van der Waals surface area (Å²) in [5.74, 6) is -0.244. The molecule has 0 aliphatic carbocycles. The van der Waals surface area contributed by atoms with Gasteiger partial charge in [-0.15, -0.1) is 0 Å². The van der Waals surface area contributed by atoms with Crippen molar-refractivity contribution in [3.63, 3.8) is 0 Å². The molecule has 0 aromatic carbocycles. The van der Waals surface area contributed by atoms with E-state index in [0.717, 1.165) is 0 Å². The maximum atomic E-state index is 10.2. The number of hydrogen-bond acceptors (Lipinski definition) is 2. The lowest BCUT2D eigenvalue weighted by Crippen LogP contribution is -1.97. The topological polar surface area (TPSA) is 30.7 Å². The molecule has 1 rings (SSSR count). The quantitative estimate of drug-likeness (QED) is 0.330. The van der Waals surface area contributed by atoms with E-state index in [4.69, 9.17) is 6.57 Å². The number of nitrogens with zero attached hydrogens (tertiary/aromatic N) is 1. The molecule has 1 atom stereocenters. The highest BCUT2D eigenvalue weighted by Crippen LogP contribution is 2.08. The molecule has 1 aliphatic heterocycles. The van der Waals surface area contributed by atoms with Crippen LogP contribution in [0, 0.1) is 6.57 Å². The molecule has 0 N–H and O–H groups in total. The standard InChI is InChI=1S/C5H5NO2/c1-6-4-2-5(7)8-3-4/h4H,2-3H2. The van der Waals surface area contributed by atoms with Crippen LogP contribution < -0.4 is 0 Å². The summed E-state index contributed by atoms with van der Waals surface area (Å²) < 4.78 is 4.50. The van der Waals surface area contributed by atoms with Gasteiger partial charge in [-0.3, -0.25) is 4.79 Å². The molecular formula is C5H5NO2. The highest BCUT2D eigenvalue weighted by molar-refractivity contribution is 5.72. The van der Waals surface area contributed by atoms with Gasteiger partial charge in [-0.2, -0.15) is 0 Å². The largest absolute Gasteiger partial charge is 0.457 e. The third-order valence-electron chi connectivity index (χ3n) is 1.02. The number of cyclic esters (lactones) is 1. The SMILES string of the molecule is [C-]#[N+]C1COC(=O)C1. The number of carbonyl (C=O) groups is 1.